The van der Waals surface area contributed by atoms with Gasteiger partial charge in [-0.25, -0.2) is 8.78 Å². The molecule has 0 aliphatic rings. The summed E-state index contributed by atoms with van der Waals surface area (Å²) in [5.74, 6) is 0.108. The maximum absolute atomic E-state index is 12.2. The quantitative estimate of drug-likeness (QED) is 0.788. The maximum Gasteiger partial charge on any atom is 0.258 e. The van der Waals surface area contributed by atoms with E-state index >= 15 is 0 Å². The minimum Gasteiger partial charge on any atom is -0.508 e. The molecule has 1 unspecified atom stereocenters. The average molecular weight is 201 g/mol. The number of halogens is 2. The third-order valence-corrected chi connectivity index (χ3v) is 1.98. The third kappa shape index (κ3) is 2.58. The van der Waals surface area contributed by atoms with E-state index in [0.717, 1.165) is 5.56 Å². The van der Waals surface area contributed by atoms with Gasteiger partial charge in [-0.1, -0.05) is 6.07 Å². The second-order valence-corrected chi connectivity index (χ2v) is 3.27. The molecule has 78 valence electrons. The second-order valence-electron chi connectivity index (χ2n) is 3.27. The van der Waals surface area contributed by atoms with Crippen molar-refractivity contribution in [1.29, 1.82) is 0 Å². The Labute approximate surface area is 81.6 Å². The Hall–Kier alpha value is -1.32. The van der Waals surface area contributed by atoms with Gasteiger partial charge in [0, 0.05) is 11.8 Å². The van der Waals surface area contributed by atoms with E-state index in [9.17, 15) is 13.9 Å². The van der Waals surface area contributed by atoms with E-state index in [0.29, 0.717) is 5.69 Å². The van der Waals surface area contributed by atoms with Gasteiger partial charge in [0.05, 0.1) is 6.04 Å². The molecule has 1 aromatic rings. The molecule has 0 aromatic heterocycles. The molecule has 0 saturated heterocycles. The van der Waals surface area contributed by atoms with E-state index < -0.39 is 12.5 Å². The monoisotopic (exact) mass is 201 g/mol. The van der Waals surface area contributed by atoms with Crippen molar-refractivity contribution >= 4 is 5.69 Å². The molecule has 0 fully saturated rings. The number of benzene rings is 1. The first-order valence-corrected chi connectivity index (χ1v) is 4.35. The van der Waals surface area contributed by atoms with Gasteiger partial charge in [0.15, 0.2) is 0 Å². The Balaban J connectivity index is 2.73. The lowest BCUT2D eigenvalue weighted by molar-refractivity contribution is 0.130. The summed E-state index contributed by atoms with van der Waals surface area (Å²) >= 11 is 0. The smallest absolute Gasteiger partial charge is 0.258 e. The van der Waals surface area contributed by atoms with Crippen molar-refractivity contribution in [3.05, 3.63) is 23.8 Å². The highest BCUT2D eigenvalue weighted by Gasteiger charge is 2.13. The number of alkyl halides is 2. The van der Waals surface area contributed by atoms with Crippen LogP contribution in [0.2, 0.25) is 0 Å². The predicted molar refractivity (Wildman–Crippen MR) is 51.9 cm³/mol. The number of hydrogen-bond acceptors (Lipinski definition) is 2. The van der Waals surface area contributed by atoms with Crippen LogP contribution in [-0.2, 0) is 0 Å². The van der Waals surface area contributed by atoms with Crippen LogP contribution in [0.25, 0.3) is 0 Å². The summed E-state index contributed by atoms with van der Waals surface area (Å²) in [7, 11) is 0. The number of hydrogen-bond donors (Lipinski definition) is 2. The zero-order valence-corrected chi connectivity index (χ0v) is 8.09. The minimum atomic E-state index is -2.42. The summed E-state index contributed by atoms with van der Waals surface area (Å²) in [4.78, 5) is 0. The Morgan fingerprint density at radius 3 is 2.50 bits per heavy atom. The molecule has 0 saturated carbocycles. The third-order valence-electron chi connectivity index (χ3n) is 1.98. The lowest BCUT2D eigenvalue weighted by Gasteiger charge is -2.14. The molecular formula is C10H13F2NO. The van der Waals surface area contributed by atoms with E-state index in [1.165, 1.54) is 13.0 Å². The summed E-state index contributed by atoms with van der Waals surface area (Å²) in [5, 5.41) is 11.9. The normalized spacial score (nSPS) is 12.9. The standard InChI is InChI=1S/C10H13F2NO/c1-6-3-4-8(5-9(6)14)13-7(2)10(11)12/h3-5,7,10,13-14H,1-2H3. The minimum absolute atomic E-state index is 0.108. The van der Waals surface area contributed by atoms with Crippen LogP contribution in [0, 0.1) is 6.92 Å². The number of phenolic OH excluding ortho intramolecular Hbond substituents is 1. The van der Waals surface area contributed by atoms with Crippen molar-refractivity contribution < 1.29 is 13.9 Å². The fourth-order valence-electron chi connectivity index (χ4n) is 1.03. The second kappa shape index (κ2) is 4.26. The van der Waals surface area contributed by atoms with Crippen molar-refractivity contribution in [2.45, 2.75) is 26.3 Å². The van der Waals surface area contributed by atoms with Crippen LogP contribution in [0.3, 0.4) is 0 Å². The lowest BCUT2D eigenvalue weighted by Crippen LogP contribution is -2.23. The lowest BCUT2D eigenvalue weighted by atomic mass is 10.2. The van der Waals surface area contributed by atoms with Crippen LogP contribution in [-0.4, -0.2) is 17.6 Å². The first-order chi connectivity index (χ1) is 6.50. The van der Waals surface area contributed by atoms with Crippen LogP contribution >= 0.6 is 0 Å². The fourth-order valence-corrected chi connectivity index (χ4v) is 1.03. The number of rotatable bonds is 3. The van der Waals surface area contributed by atoms with E-state index in [1.54, 1.807) is 19.1 Å². The molecule has 1 aromatic carbocycles. The molecule has 0 amide bonds. The molecule has 0 aliphatic carbocycles. The first-order valence-electron chi connectivity index (χ1n) is 4.35. The Kier molecular flexibility index (Phi) is 3.28. The van der Waals surface area contributed by atoms with Gasteiger partial charge in [0.1, 0.15) is 5.75 Å². The van der Waals surface area contributed by atoms with Gasteiger partial charge in [-0.05, 0) is 25.5 Å². The van der Waals surface area contributed by atoms with Crippen molar-refractivity contribution in [2.75, 3.05) is 5.32 Å². The van der Waals surface area contributed by atoms with Gasteiger partial charge < -0.3 is 10.4 Å². The molecule has 0 bridgehead atoms. The van der Waals surface area contributed by atoms with Crippen molar-refractivity contribution in [2.24, 2.45) is 0 Å². The molecule has 4 heteroatoms. The van der Waals surface area contributed by atoms with E-state index in [4.69, 9.17) is 0 Å². The highest BCUT2D eigenvalue weighted by molar-refractivity contribution is 5.51. The molecular weight excluding hydrogens is 188 g/mol. The number of aromatic hydroxyl groups is 1. The average Bonchev–Trinajstić information content (AvgIpc) is 2.11. The van der Waals surface area contributed by atoms with Gasteiger partial charge in [-0.15, -0.1) is 0 Å². The highest BCUT2D eigenvalue weighted by atomic mass is 19.3. The molecule has 14 heavy (non-hydrogen) atoms. The molecule has 0 heterocycles. The van der Waals surface area contributed by atoms with Gasteiger partial charge in [-0.2, -0.15) is 0 Å². The van der Waals surface area contributed by atoms with Crippen LogP contribution in [0.1, 0.15) is 12.5 Å². The largest absolute Gasteiger partial charge is 0.508 e. The zero-order valence-electron chi connectivity index (χ0n) is 8.09. The summed E-state index contributed by atoms with van der Waals surface area (Å²) in [5.41, 5.74) is 1.22. The number of anilines is 1. The SMILES string of the molecule is Cc1ccc(NC(C)C(F)F)cc1O. The molecule has 2 nitrogen and oxygen atoms in total. The summed E-state index contributed by atoms with van der Waals surface area (Å²) in [6.45, 7) is 3.14. The van der Waals surface area contributed by atoms with E-state index in [2.05, 4.69) is 5.32 Å². The highest BCUT2D eigenvalue weighted by Crippen LogP contribution is 2.21. The van der Waals surface area contributed by atoms with E-state index in [-0.39, 0.29) is 5.75 Å². The molecule has 1 rings (SSSR count). The van der Waals surface area contributed by atoms with Crippen LogP contribution in [0.5, 0.6) is 5.75 Å². The molecule has 0 radical (unpaired) electrons. The maximum atomic E-state index is 12.2. The molecule has 0 spiro atoms. The Morgan fingerprint density at radius 1 is 1.36 bits per heavy atom. The van der Waals surface area contributed by atoms with Crippen LogP contribution in [0.4, 0.5) is 14.5 Å². The molecule has 0 aliphatic heterocycles. The molecule has 2 N–H and O–H groups in total. The predicted octanol–water partition coefficient (Wildman–Crippen LogP) is 2.77. The van der Waals surface area contributed by atoms with Crippen LogP contribution in [0.15, 0.2) is 18.2 Å². The molecule has 1 atom stereocenters. The Morgan fingerprint density at radius 2 is 2.00 bits per heavy atom. The van der Waals surface area contributed by atoms with Gasteiger partial charge in [-0.3, -0.25) is 0 Å². The van der Waals surface area contributed by atoms with Crippen LogP contribution < -0.4 is 5.32 Å². The van der Waals surface area contributed by atoms with Gasteiger partial charge in [0.25, 0.3) is 6.43 Å². The fraction of sp³-hybridized carbons (Fsp3) is 0.400. The summed E-state index contributed by atoms with van der Waals surface area (Å²) < 4.78 is 24.3. The van der Waals surface area contributed by atoms with Crippen molar-refractivity contribution in [3.63, 3.8) is 0 Å². The van der Waals surface area contributed by atoms with Gasteiger partial charge >= 0.3 is 0 Å². The van der Waals surface area contributed by atoms with E-state index in [1.807, 2.05) is 0 Å². The summed E-state index contributed by atoms with van der Waals surface area (Å²) in [6.07, 6.45) is -2.42. The zero-order chi connectivity index (χ0) is 10.7. The number of phenols is 1. The number of nitrogens with one attached hydrogen (secondary N) is 1. The van der Waals surface area contributed by atoms with Crippen molar-refractivity contribution in [3.8, 4) is 5.75 Å². The summed E-state index contributed by atoms with van der Waals surface area (Å²) in [6, 6.07) is 3.86. The topological polar surface area (TPSA) is 32.3 Å². The van der Waals surface area contributed by atoms with Crippen molar-refractivity contribution in [1.82, 2.24) is 0 Å². The van der Waals surface area contributed by atoms with Gasteiger partial charge in [0.2, 0.25) is 0 Å². The number of aryl methyl sites for hydroxylation is 1. The first kappa shape index (κ1) is 10.8. The Bertz CT molecular complexity index is 315.